The maximum Gasteiger partial charge on any atom is 0.271 e. The highest BCUT2D eigenvalue weighted by Crippen LogP contribution is 2.33. The number of hydrogen-bond donors (Lipinski definition) is 1. The van der Waals surface area contributed by atoms with Gasteiger partial charge in [-0.3, -0.25) is 9.59 Å². The molecular formula is C21H27ClN4O2. The number of amides is 2. The molecule has 2 heterocycles. The molecule has 1 aliphatic rings. The van der Waals surface area contributed by atoms with Crippen LogP contribution in [-0.4, -0.2) is 60.3 Å². The van der Waals surface area contributed by atoms with E-state index in [9.17, 15) is 9.59 Å². The Bertz CT molecular complexity index is 842. The molecule has 0 saturated carbocycles. The van der Waals surface area contributed by atoms with Gasteiger partial charge in [-0.05, 0) is 37.1 Å². The normalized spacial score (nSPS) is 18.5. The summed E-state index contributed by atoms with van der Waals surface area (Å²) in [6.07, 6.45) is 0. The van der Waals surface area contributed by atoms with E-state index in [1.54, 1.807) is 33.2 Å². The minimum atomic E-state index is -0.175. The molecule has 6 nitrogen and oxygen atoms in total. The minimum Gasteiger partial charge on any atom is -0.343 e. The maximum atomic E-state index is 13.1. The lowest BCUT2D eigenvalue weighted by Crippen LogP contribution is -2.31. The zero-order valence-electron chi connectivity index (χ0n) is 16.5. The van der Waals surface area contributed by atoms with E-state index in [1.807, 2.05) is 23.1 Å². The fourth-order valence-corrected chi connectivity index (χ4v) is 3.66. The van der Waals surface area contributed by atoms with E-state index in [0.29, 0.717) is 36.6 Å². The van der Waals surface area contributed by atoms with Gasteiger partial charge in [-0.25, -0.2) is 4.98 Å². The van der Waals surface area contributed by atoms with Gasteiger partial charge < -0.3 is 15.5 Å². The molecule has 1 saturated heterocycles. The van der Waals surface area contributed by atoms with Crippen LogP contribution in [0.5, 0.6) is 0 Å². The molecule has 2 aromatic rings. The number of hydrogen-bond acceptors (Lipinski definition) is 4. The van der Waals surface area contributed by atoms with Gasteiger partial charge in [-0.2, -0.15) is 0 Å². The third kappa shape index (κ3) is 4.34. The molecule has 1 aliphatic heterocycles. The van der Waals surface area contributed by atoms with Crippen molar-refractivity contribution in [1.29, 1.82) is 0 Å². The van der Waals surface area contributed by atoms with Gasteiger partial charge in [0.15, 0.2) is 0 Å². The van der Waals surface area contributed by atoms with E-state index in [4.69, 9.17) is 5.73 Å². The van der Waals surface area contributed by atoms with Crippen molar-refractivity contribution in [2.24, 2.45) is 11.7 Å². The largest absolute Gasteiger partial charge is 0.343 e. The highest BCUT2D eigenvalue weighted by Gasteiger charge is 2.36. The van der Waals surface area contributed by atoms with Crippen LogP contribution in [0.25, 0.3) is 0 Å². The van der Waals surface area contributed by atoms with Gasteiger partial charge in [0, 0.05) is 33.1 Å². The molecule has 7 heteroatoms. The minimum absolute atomic E-state index is 0. The summed E-state index contributed by atoms with van der Waals surface area (Å²) in [7, 11) is 3.36. The third-order valence-corrected chi connectivity index (χ3v) is 5.20. The first-order valence-corrected chi connectivity index (χ1v) is 9.16. The fourth-order valence-electron chi connectivity index (χ4n) is 3.66. The lowest BCUT2D eigenvalue weighted by Gasteiger charge is -2.18. The fraction of sp³-hybridized carbons (Fsp3) is 0.381. The van der Waals surface area contributed by atoms with Gasteiger partial charge in [0.1, 0.15) is 5.69 Å². The van der Waals surface area contributed by atoms with Crippen LogP contribution in [0.4, 0.5) is 0 Å². The SMILES string of the molecule is Cc1nc(C(=O)N(C)C)ccc1C(=O)N1C[C@@H](CN)[C@H](c2ccccc2)C1.Cl. The van der Waals surface area contributed by atoms with Gasteiger partial charge in [0.25, 0.3) is 11.8 Å². The molecule has 1 fully saturated rings. The van der Waals surface area contributed by atoms with E-state index in [0.717, 1.165) is 0 Å². The van der Waals surface area contributed by atoms with Gasteiger partial charge >= 0.3 is 0 Å². The number of carbonyl (C=O) groups is 2. The van der Waals surface area contributed by atoms with Gasteiger partial charge in [-0.1, -0.05) is 30.3 Å². The lowest BCUT2D eigenvalue weighted by molar-refractivity contribution is 0.0780. The van der Waals surface area contributed by atoms with Crippen LogP contribution in [0.1, 0.15) is 38.0 Å². The van der Waals surface area contributed by atoms with E-state index in [1.165, 1.54) is 10.5 Å². The third-order valence-electron chi connectivity index (χ3n) is 5.20. The van der Waals surface area contributed by atoms with Crippen molar-refractivity contribution < 1.29 is 9.59 Å². The Balaban J connectivity index is 0.00000280. The molecule has 2 atom stereocenters. The predicted octanol–water partition coefficient (Wildman–Crippen LogP) is 2.33. The Kier molecular flexibility index (Phi) is 7.16. The van der Waals surface area contributed by atoms with Crippen LogP contribution in [0.3, 0.4) is 0 Å². The van der Waals surface area contributed by atoms with Crippen LogP contribution in [0.15, 0.2) is 42.5 Å². The van der Waals surface area contributed by atoms with Crippen molar-refractivity contribution in [3.8, 4) is 0 Å². The number of nitrogens with two attached hydrogens (primary N) is 1. The Morgan fingerprint density at radius 2 is 1.82 bits per heavy atom. The van der Waals surface area contributed by atoms with Crippen LogP contribution in [-0.2, 0) is 0 Å². The number of aryl methyl sites for hydroxylation is 1. The number of nitrogens with zero attached hydrogens (tertiary/aromatic N) is 3. The summed E-state index contributed by atoms with van der Waals surface area (Å²) >= 11 is 0. The van der Waals surface area contributed by atoms with E-state index >= 15 is 0 Å². The molecule has 3 rings (SSSR count). The Morgan fingerprint density at radius 1 is 1.14 bits per heavy atom. The van der Waals surface area contributed by atoms with Gasteiger partial charge in [-0.15, -0.1) is 12.4 Å². The zero-order valence-corrected chi connectivity index (χ0v) is 17.3. The smallest absolute Gasteiger partial charge is 0.271 e. The first-order chi connectivity index (χ1) is 12.9. The molecule has 2 N–H and O–H groups in total. The molecule has 150 valence electrons. The van der Waals surface area contributed by atoms with E-state index in [-0.39, 0.29) is 36.1 Å². The van der Waals surface area contributed by atoms with Crippen LogP contribution in [0.2, 0.25) is 0 Å². The predicted molar refractivity (Wildman–Crippen MR) is 112 cm³/mol. The summed E-state index contributed by atoms with van der Waals surface area (Å²) in [6.45, 7) is 3.58. The summed E-state index contributed by atoms with van der Waals surface area (Å²) < 4.78 is 0. The number of halogens is 1. The van der Waals surface area contributed by atoms with Crippen LogP contribution in [0, 0.1) is 12.8 Å². The summed E-state index contributed by atoms with van der Waals surface area (Å²) in [5.74, 6) is 0.244. The molecule has 0 bridgehead atoms. The van der Waals surface area contributed by atoms with Crippen LogP contribution >= 0.6 is 12.4 Å². The molecule has 0 aliphatic carbocycles. The average Bonchev–Trinajstić information content (AvgIpc) is 3.12. The quantitative estimate of drug-likeness (QED) is 0.851. The molecule has 2 amide bonds. The average molecular weight is 403 g/mol. The van der Waals surface area contributed by atoms with Crippen molar-refractivity contribution in [3.05, 3.63) is 65.0 Å². The van der Waals surface area contributed by atoms with Crippen molar-refractivity contribution in [3.63, 3.8) is 0 Å². The maximum absolute atomic E-state index is 13.1. The topological polar surface area (TPSA) is 79.5 Å². The number of carbonyl (C=O) groups excluding carboxylic acids is 2. The Hall–Kier alpha value is -2.44. The van der Waals surface area contributed by atoms with E-state index in [2.05, 4.69) is 17.1 Å². The standard InChI is InChI=1S/C21H26N4O2.ClH/c1-14-17(9-10-19(23-14)21(27)24(2)3)20(26)25-12-16(11-22)18(13-25)15-7-5-4-6-8-15;/h4-10,16,18H,11-13,22H2,1-3H3;1H/t16-,18+;/m1./s1. The van der Waals surface area contributed by atoms with Crippen molar-refractivity contribution in [1.82, 2.24) is 14.8 Å². The second-order valence-corrected chi connectivity index (χ2v) is 7.25. The summed E-state index contributed by atoms with van der Waals surface area (Å²) in [6, 6.07) is 13.5. The first-order valence-electron chi connectivity index (χ1n) is 9.16. The van der Waals surface area contributed by atoms with Gasteiger partial charge in [0.2, 0.25) is 0 Å². The number of aromatic nitrogens is 1. The first kappa shape index (κ1) is 21.9. The number of benzene rings is 1. The summed E-state index contributed by atoms with van der Waals surface area (Å²) in [4.78, 5) is 32.8. The number of likely N-dealkylation sites (tertiary alicyclic amines) is 1. The zero-order chi connectivity index (χ0) is 19.6. The Morgan fingerprint density at radius 3 is 2.39 bits per heavy atom. The second-order valence-electron chi connectivity index (χ2n) is 7.25. The lowest BCUT2D eigenvalue weighted by atomic mass is 9.89. The monoisotopic (exact) mass is 402 g/mol. The summed E-state index contributed by atoms with van der Waals surface area (Å²) in [5, 5.41) is 0. The number of rotatable bonds is 4. The van der Waals surface area contributed by atoms with Crippen LogP contribution < -0.4 is 5.73 Å². The second kappa shape index (κ2) is 9.17. The highest BCUT2D eigenvalue weighted by atomic mass is 35.5. The molecule has 0 unspecified atom stereocenters. The highest BCUT2D eigenvalue weighted by molar-refractivity contribution is 5.97. The molecule has 1 aromatic heterocycles. The molecular weight excluding hydrogens is 376 g/mol. The molecule has 0 radical (unpaired) electrons. The van der Waals surface area contributed by atoms with Crippen molar-refractivity contribution in [2.45, 2.75) is 12.8 Å². The van der Waals surface area contributed by atoms with E-state index < -0.39 is 0 Å². The van der Waals surface area contributed by atoms with Crippen molar-refractivity contribution in [2.75, 3.05) is 33.7 Å². The Labute approximate surface area is 172 Å². The molecule has 0 spiro atoms. The van der Waals surface area contributed by atoms with Gasteiger partial charge in [0.05, 0.1) is 11.3 Å². The summed E-state index contributed by atoms with van der Waals surface area (Å²) in [5.41, 5.74) is 8.65. The number of pyridine rings is 1. The molecule has 28 heavy (non-hydrogen) atoms. The van der Waals surface area contributed by atoms with Crippen molar-refractivity contribution >= 4 is 24.2 Å². The molecule has 1 aromatic carbocycles.